The van der Waals surface area contributed by atoms with Gasteiger partial charge in [-0.15, -0.1) is 10.2 Å². The standard InChI is InChI=1S/C13H17N5O2S/c1-7-14-12(20-17-7)3-9-6-19-11-5-18(4-10(9)11)13-16-15-8(2)21-13/h9-11H,3-6H2,1-2H3/t9-,10-,11-/m0/s1. The van der Waals surface area contributed by atoms with E-state index in [0.29, 0.717) is 23.6 Å². The minimum atomic E-state index is 0.281. The van der Waals surface area contributed by atoms with E-state index in [1.165, 1.54) is 0 Å². The molecule has 0 saturated carbocycles. The number of aryl methyl sites for hydroxylation is 2. The fraction of sp³-hybridized carbons (Fsp3) is 0.692. The van der Waals surface area contributed by atoms with Crippen LogP contribution in [0.3, 0.4) is 0 Å². The Kier molecular flexibility index (Phi) is 3.15. The Balaban J connectivity index is 1.46. The van der Waals surface area contributed by atoms with Gasteiger partial charge < -0.3 is 14.2 Å². The molecule has 0 bridgehead atoms. The number of hydrogen-bond donors (Lipinski definition) is 0. The van der Waals surface area contributed by atoms with E-state index in [1.807, 2.05) is 13.8 Å². The predicted molar refractivity (Wildman–Crippen MR) is 76.3 cm³/mol. The minimum Gasteiger partial charge on any atom is -0.376 e. The van der Waals surface area contributed by atoms with Crippen molar-refractivity contribution >= 4 is 16.5 Å². The second-order valence-corrected chi connectivity index (χ2v) is 6.90. The third-order valence-electron chi connectivity index (χ3n) is 4.23. The Morgan fingerprint density at radius 3 is 2.90 bits per heavy atom. The number of fused-ring (bicyclic) bond motifs is 1. The zero-order valence-electron chi connectivity index (χ0n) is 12.0. The van der Waals surface area contributed by atoms with E-state index in [4.69, 9.17) is 9.26 Å². The van der Waals surface area contributed by atoms with Crippen LogP contribution in [0.5, 0.6) is 0 Å². The molecular weight excluding hydrogens is 290 g/mol. The van der Waals surface area contributed by atoms with Gasteiger partial charge >= 0.3 is 0 Å². The highest BCUT2D eigenvalue weighted by Crippen LogP contribution is 2.37. The minimum absolute atomic E-state index is 0.281. The van der Waals surface area contributed by atoms with Crippen molar-refractivity contribution in [2.75, 3.05) is 24.6 Å². The summed E-state index contributed by atoms with van der Waals surface area (Å²) >= 11 is 1.64. The smallest absolute Gasteiger partial charge is 0.227 e. The lowest BCUT2D eigenvalue weighted by Gasteiger charge is -2.17. The van der Waals surface area contributed by atoms with Crippen molar-refractivity contribution in [3.63, 3.8) is 0 Å². The zero-order valence-corrected chi connectivity index (χ0v) is 12.8. The lowest BCUT2D eigenvalue weighted by molar-refractivity contribution is 0.111. The zero-order chi connectivity index (χ0) is 14.4. The summed E-state index contributed by atoms with van der Waals surface area (Å²) in [7, 11) is 0. The van der Waals surface area contributed by atoms with Crippen LogP contribution in [0, 0.1) is 25.7 Å². The highest BCUT2D eigenvalue weighted by atomic mass is 32.1. The van der Waals surface area contributed by atoms with Crippen LogP contribution in [0.25, 0.3) is 0 Å². The molecule has 0 aliphatic carbocycles. The Bertz CT molecular complexity index is 642. The summed E-state index contributed by atoms with van der Waals surface area (Å²) in [5.41, 5.74) is 0. The van der Waals surface area contributed by atoms with Crippen molar-refractivity contribution in [1.82, 2.24) is 20.3 Å². The maximum Gasteiger partial charge on any atom is 0.227 e. The highest BCUT2D eigenvalue weighted by molar-refractivity contribution is 7.15. The summed E-state index contributed by atoms with van der Waals surface area (Å²) in [6.07, 6.45) is 1.08. The van der Waals surface area contributed by atoms with E-state index in [9.17, 15) is 0 Å². The molecule has 4 heterocycles. The monoisotopic (exact) mass is 307 g/mol. The summed E-state index contributed by atoms with van der Waals surface area (Å²) in [5.74, 6) is 2.35. The molecule has 112 valence electrons. The first-order valence-electron chi connectivity index (χ1n) is 7.15. The number of anilines is 1. The molecule has 2 aromatic heterocycles. The van der Waals surface area contributed by atoms with E-state index in [1.54, 1.807) is 11.3 Å². The van der Waals surface area contributed by atoms with E-state index in [-0.39, 0.29) is 6.10 Å². The maximum absolute atomic E-state index is 5.95. The first-order chi connectivity index (χ1) is 10.2. The lowest BCUT2D eigenvalue weighted by Crippen LogP contribution is -2.24. The quantitative estimate of drug-likeness (QED) is 0.844. The number of rotatable bonds is 3. The SMILES string of the molecule is Cc1noc(C[C@H]2CO[C@H]3CN(c4nnc(C)s4)C[C@@H]23)n1. The Morgan fingerprint density at radius 2 is 2.19 bits per heavy atom. The van der Waals surface area contributed by atoms with Crippen LogP contribution in [-0.2, 0) is 11.2 Å². The van der Waals surface area contributed by atoms with Gasteiger partial charge in [-0.2, -0.15) is 4.98 Å². The van der Waals surface area contributed by atoms with Gasteiger partial charge in [0, 0.05) is 25.4 Å². The Morgan fingerprint density at radius 1 is 1.29 bits per heavy atom. The van der Waals surface area contributed by atoms with Crippen molar-refractivity contribution < 1.29 is 9.26 Å². The first kappa shape index (κ1) is 13.1. The van der Waals surface area contributed by atoms with Crippen molar-refractivity contribution in [2.45, 2.75) is 26.4 Å². The molecule has 0 amide bonds. The molecule has 4 rings (SSSR count). The molecule has 0 N–H and O–H groups in total. The third-order valence-corrected chi connectivity index (χ3v) is 5.13. The molecule has 0 radical (unpaired) electrons. The van der Waals surface area contributed by atoms with Crippen molar-refractivity contribution in [3.8, 4) is 0 Å². The molecule has 2 aliphatic rings. The van der Waals surface area contributed by atoms with Gasteiger partial charge in [-0.05, 0) is 19.8 Å². The predicted octanol–water partition coefficient (Wildman–Crippen LogP) is 1.23. The summed E-state index contributed by atoms with van der Waals surface area (Å²) in [6.45, 7) is 6.47. The molecule has 2 fully saturated rings. The van der Waals surface area contributed by atoms with Crippen LogP contribution in [0.2, 0.25) is 0 Å². The van der Waals surface area contributed by atoms with E-state index < -0.39 is 0 Å². The van der Waals surface area contributed by atoms with E-state index in [2.05, 4.69) is 25.2 Å². The van der Waals surface area contributed by atoms with Crippen LogP contribution >= 0.6 is 11.3 Å². The molecule has 3 atom stereocenters. The number of hydrogen-bond acceptors (Lipinski definition) is 8. The van der Waals surface area contributed by atoms with Gasteiger partial charge in [0.15, 0.2) is 5.82 Å². The van der Waals surface area contributed by atoms with Gasteiger partial charge in [-0.1, -0.05) is 16.5 Å². The highest BCUT2D eigenvalue weighted by Gasteiger charge is 2.45. The number of aromatic nitrogens is 4. The molecule has 2 aromatic rings. The van der Waals surface area contributed by atoms with Crippen molar-refractivity contribution in [3.05, 3.63) is 16.7 Å². The molecule has 0 unspecified atom stereocenters. The van der Waals surface area contributed by atoms with Gasteiger partial charge in [-0.25, -0.2) is 0 Å². The lowest BCUT2D eigenvalue weighted by atomic mass is 9.90. The van der Waals surface area contributed by atoms with Gasteiger partial charge in [0.25, 0.3) is 0 Å². The number of ether oxygens (including phenoxy) is 1. The Hall–Kier alpha value is -1.54. The molecule has 7 nitrogen and oxygen atoms in total. The molecule has 0 spiro atoms. The average molecular weight is 307 g/mol. The summed E-state index contributed by atoms with van der Waals surface area (Å²) < 4.78 is 11.2. The molecule has 21 heavy (non-hydrogen) atoms. The van der Waals surface area contributed by atoms with Crippen LogP contribution in [0.1, 0.15) is 16.7 Å². The summed E-state index contributed by atoms with van der Waals surface area (Å²) in [6, 6.07) is 0. The molecular formula is C13H17N5O2S. The topological polar surface area (TPSA) is 77.2 Å². The van der Waals surface area contributed by atoms with Gasteiger partial charge in [0.05, 0.1) is 12.7 Å². The molecule has 2 saturated heterocycles. The van der Waals surface area contributed by atoms with Gasteiger partial charge in [0.1, 0.15) is 5.01 Å². The maximum atomic E-state index is 5.95. The van der Waals surface area contributed by atoms with Crippen molar-refractivity contribution in [2.24, 2.45) is 11.8 Å². The first-order valence-corrected chi connectivity index (χ1v) is 7.96. The number of nitrogens with zero attached hydrogens (tertiary/aromatic N) is 5. The van der Waals surface area contributed by atoms with Crippen LogP contribution in [-0.4, -0.2) is 46.1 Å². The fourth-order valence-corrected chi connectivity index (χ4v) is 3.93. The van der Waals surface area contributed by atoms with Crippen LogP contribution in [0.4, 0.5) is 5.13 Å². The second-order valence-electron chi connectivity index (χ2n) is 5.74. The van der Waals surface area contributed by atoms with Crippen molar-refractivity contribution in [1.29, 1.82) is 0 Å². The van der Waals surface area contributed by atoms with Gasteiger partial charge in [-0.3, -0.25) is 0 Å². The van der Waals surface area contributed by atoms with Gasteiger partial charge in [0.2, 0.25) is 11.0 Å². The summed E-state index contributed by atoms with van der Waals surface area (Å²) in [5, 5.41) is 14.2. The third kappa shape index (κ3) is 2.42. The Labute approximate surface area is 126 Å². The van der Waals surface area contributed by atoms with E-state index >= 15 is 0 Å². The molecule has 8 heteroatoms. The largest absolute Gasteiger partial charge is 0.376 e. The normalized spacial score (nSPS) is 28.3. The second kappa shape index (κ2) is 5.03. The fourth-order valence-electron chi connectivity index (χ4n) is 3.23. The van der Waals surface area contributed by atoms with Crippen LogP contribution < -0.4 is 4.90 Å². The summed E-state index contributed by atoms with van der Waals surface area (Å²) in [4.78, 5) is 6.58. The molecule has 0 aromatic carbocycles. The van der Waals surface area contributed by atoms with E-state index in [0.717, 1.165) is 36.3 Å². The average Bonchev–Trinajstić information content (AvgIpc) is 3.16. The van der Waals surface area contributed by atoms with Crippen LogP contribution in [0.15, 0.2) is 4.52 Å². The molecule has 2 aliphatic heterocycles.